The van der Waals surface area contributed by atoms with Crippen LogP contribution in [0.4, 0.5) is 0 Å². The van der Waals surface area contributed by atoms with Crippen LogP contribution in [-0.4, -0.2) is 18.2 Å². The molecule has 0 aliphatic rings. The Morgan fingerprint density at radius 3 is 2.43 bits per heavy atom. The zero-order valence-corrected chi connectivity index (χ0v) is 12.7. The average Bonchev–Trinajstić information content (AvgIpc) is 2.59. The van der Waals surface area contributed by atoms with E-state index >= 15 is 0 Å². The third-order valence-corrected chi connectivity index (χ3v) is 3.75. The van der Waals surface area contributed by atoms with Crippen LogP contribution < -0.4 is 4.74 Å². The fourth-order valence-electron chi connectivity index (χ4n) is 2.66. The molecule has 0 aromatic heterocycles. The van der Waals surface area contributed by atoms with E-state index in [4.69, 9.17) is 4.74 Å². The van der Waals surface area contributed by atoms with E-state index in [1.54, 1.807) is 13.2 Å². The van der Waals surface area contributed by atoms with Crippen molar-refractivity contribution in [1.82, 2.24) is 0 Å². The number of carboxylic acids is 1. The Labute approximate surface area is 134 Å². The van der Waals surface area contributed by atoms with E-state index in [1.807, 2.05) is 66.7 Å². The van der Waals surface area contributed by atoms with Gasteiger partial charge in [-0.3, -0.25) is 0 Å². The minimum Gasteiger partial charge on any atom is -0.496 e. The molecule has 0 fully saturated rings. The van der Waals surface area contributed by atoms with E-state index in [2.05, 4.69) is 0 Å². The fraction of sp³-hybridized carbons (Fsp3) is 0.0500. The molecule has 0 atom stereocenters. The van der Waals surface area contributed by atoms with Crippen LogP contribution in [0.25, 0.3) is 22.4 Å². The maximum atomic E-state index is 11.8. The molecule has 0 saturated heterocycles. The largest absolute Gasteiger partial charge is 0.496 e. The highest BCUT2D eigenvalue weighted by molar-refractivity contribution is 6.24. The molecule has 0 aliphatic heterocycles. The standard InChI is InChI=1S/C20H16O3/c1-23-19-12-5-3-8-15(19)13-18(20(21)22)17-11-6-9-14-7-2-4-10-16(14)17/h2-13H,1H3,(H,21,22). The van der Waals surface area contributed by atoms with Crippen molar-refractivity contribution >= 4 is 28.4 Å². The van der Waals surface area contributed by atoms with Crippen LogP contribution in [0.1, 0.15) is 11.1 Å². The molecule has 0 heterocycles. The number of carboxylic acid groups (broad SMARTS) is 1. The number of carbonyl (C=O) groups is 1. The molecule has 0 radical (unpaired) electrons. The molecule has 0 saturated carbocycles. The third-order valence-electron chi connectivity index (χ3n) is 3.75. The van der Waals surface area contributed by atoms with Crippen LogP contribution in [0.2, 0.25) is 0 Å². The maximum Gasteiger partial charge on any atom is 0.336 e. The fourth-order valence-corrected chi connectivity index (χ4v) is 2.66. The molecule has 0 amide bonds. The van der Waals surface area contributed by atoms with E-state index in [0.29, 0.717) is 11.3 Å². The average molecular weight is 304 g/mol. The number of methoxy groups -OCH3 is 1. The third kappa shape index (κ3) is 2.94. The van der Waals surface area contributed by atoms with Gasteiger partial charge in [-0.15, -0.1) is 0 Å². The number of aliphatic carboxylic acids is 1. The van der Waals surface area contributed by atoms with Crippen LogP contribution in [-0.2, 0) is 4.79 Å². The van der Waals surface area contributed by atoms with Gasteiger partial charge >= 0.3 is 5.97 Å². The van der Waals surface area contributed by atoms with E-state index in [-0.39, 0.29) is 5.57 Å². The molecule has 114 valence electrons. The molecule has 3 aromatic carbocycles. The van der Waals surface area contributed by atoms with Gasteiger partial charge in [0.2, 0.25) is 0 Å². The predicted molar refractivity (Wildman–Crippen MR) is 92.4 cm³/mol. The molecule has 0 bridgehead atoms. The van der Waals surface area contributed by atoms with E-state index in [1.165, 1.54) is 0 Å². The first kappa shape index (κ1) is 14.9. The smallest absolute Gasteiger partial charge is 0.336 e. The Hall–Kier alpha value is -3.07. The number of hydrogen-bond donors (Lipinski definition) is 1. The van der Waals surface area contributed by atoms with E-state index < -0.39 is 5.97 Å². The van der Waals surface area contributed by atoms with Crippen molar-refractivity contribution in [3.63, 3.8) is 0 Å². The Bertz CT molecular complexity index is 889. The lowest BCUT2D eigenvalue weighted by atomic mass is 9.96. The summed E-state index contributed by atoms with van der Waals surface area (Å²) in [5, 5.41) is 11.6. The summed E-state index contributed by atoms with van der Waals surface area (Å²) < 4.78 is 5.31. The predicted octanol–water partition coefficient (Wildman–Crippen LogP) is 4.47. The van der Waals surface area contributed by atoms with Crippen molar-refractivity contribution < 1.29 is 14.6 Å². The SMILES string of the molecule is COc1ccccc1C=C(C(=O)O)c1cccc2ccccc12. The molecular formula is C20H16O3. The summed E-state index contributed by atoms with van der Waals surface area (Å²) in [6.45, 7) is 0. The lowest BCUT2D eigenvalue weighted by Gasteiger charge is -2.09. The van der Waals surface area contributed by atoms with Crippen molar-refractivity contribution in [2.24, 2.45) is 0 Å². The van der Waals surface area contributed by atoms with Crippen molar-refractivity contribution in [2.75, 3.05) is 7.11 Å². The Balaban J connectivity index is 2.23. The molecule has 0 aliphatic carbocycles. The quantitative estimate of drug-likeness (QED) is 0.571. The second-order valence-electron chi connectivity index (χ2n) is 5.13. The molecule has 0 spiro atoms. The van der Waals surface area contributed by atoms with Gasteiger partial charge in [-0.25, -0.2) is 4.79 Å². The zero-order valence-electron chi connectivity index (χ0n) is 12.7. The highest BCUT2D eigenvalue weighted by Crippen LogP contribution is 2.29. The molecule has 3 heteroatoms. The number of hydrogen-bond acceptors (Lipinski definition) is 2. The second-order valence-corrected chi connectivity index (χ2v) is 5.13. The van der Waals surface area contributed by atoms with E-state index in [9.17, 15) is 9.90 Å². The molecule has 3 rings (SSSR count). The first-order valence-electron chi connectivity index (χ1n) is 7.27. The normalized spacial score (nSPS) is 11.4. The molecule has 3 aromatic rings. The topological polar surface area (TPSA) is 46.5 Å². The summed E-state index contributed by atoms with van der Waals surface area (Å²) in [5.74, 6) is -0.321. The lowest BCUT2D eigenvalue weighted by Crippen LogP contribution is -2.01. The van der Waals surface area contributed by atoms with Crippen LogP contribution in [0.5, 0.6) is 5.75 Å². The number of ether oxygens (including phenoxy) is 1. The van der Waals surface area contributed by atoms with Gasteiger partial charge in [0.15, 0.2) is 0 Å². The highest BCUT2D eigenvalue weighted by Gasteiger charge is 2.14. The number of rotatable bonds is 4. The first-order chi connectivity index (χ1) is 11.2. The van der Waals surface area contributed by atoms with Gasteiger partial charge < -0.3 is 9.84 Å². The lowest BCUT2D eigenvalue weighted by molar-refractivity contribution is -0.130. The van der Waals surface area contributed by atoms with Crippen molar-refractivity contribution in [3.8, 4) is 5.75 Å². The van der Waals surface area contributed by atoms with Crippen molar-refractivity contribution in [1.29, 1.82) is 0 Å². The van der Waals surface area contributed by atoms with Gasteiger partial charge in [0.25, 0.3) is 0 Å². The molecule has 0 unspecified atom stereocenters. The molecule has 1 N–H and O–H groups in total. The summed E-state index contributed by atoms with van der Waals surface area (Å²) in [6, 6.07) is 20.8. The van der Waals surface area contributed by atoms with Gasteiger partial charge in [-0.2, -0.15) is 0 Å². The van der Waals surface area contributed by atoms with Gasteiger partial charge in [-0.1, -0.05) is 60.7 Å². The number of benzene rings is 3. The number of fused-ring (bicyclic) bond motifs is 1. The van der Waals surface area contributed by atoms with Crippen LogP contribution in [0.3, 0.4) is 0 Å². The van der Waals surface area contributed by atoms with Gasteiger partial charge in [-0.05, 0) is 28.5 Å². The minimum absolute atomic E-state index is 0.242. The summed E-state index contributed by atoms with van der Waals surface area (Å²) in [5.41, 5.74) is 1.67. The van der Waals surface area contributed by atoms with Gasteiger partial charge in [0.05, 0.1) is 12.7 Å². The van der Waals surface area contributed by atoms with Crippen LogP contribution >= 0.6 is 0 Å². The second kappa shape index (κ2) is 6.36. The molecule has 23 heavy (non-hydrogen) atoms. The molecule has 3 nitrogen and oxygen atoms in total. The van der Waals surface area contributed by atoms with Gasteiger partial charge in [0, 0.05) is 5.56 Å². The summed E-state index contributed by atoms with van der Waals surface area (Å²) >= 11 is 0. The van der Waals surface area contributed by atoms with E-state index in [0.717, 1.165) is 16.3 Å². The summed E-state index contributed by atoms with van der Waals surface area (Å²) in [7, 11) is 1.57. The molecular weight excluding hydrogens is 288 g/mol. The Morgan fingerprint density at radius 1 is 0.957 bits per heavy atom. The van der Waals surface area contributed by atoms with Crippen molar-refractivity contribution in [2.45, 2.75) is 0 Å². The first-order valence-corrected chi connectivity index (χ1v) is 7.27. The van der Waals surface area contributed by atoms with Crippen molar-refractivity contribution in [3.05, 3.63) is 77.9 Å². The monoisotopic (exact) mass is 304 g/mol. The van der Waals surface area contributed by atoms with Gasteiger partial charge in [0.1, 0.15) is 5.75 Å². The zero-order chi connectivity index (χ0) is 16.2. The Morgan fingerprint density at radius 2 is 1.65 bits per heavy atom. The highest BCUT2D eigenvalue weighted by atomic mass is 16.5. The number of para-hydroxylation sites is 1. The van der Waals surface area contributed by atoms with Crippen LogP contribution in [0.15, 0.2) is 66.7 Å². The van der Waals surface area contributed by atoms with Crippen LogP contribution in [0, 0.1) is 0 Å². The summed E-state index contributed by atoms with van der Waals surface area (Å²) in [6.07, 6.45) is 1.66. The maximum absolute atomic E-state index is 11.8. The summed E-state index contributed by atoms with van der Waals surface area (Å²) in [4.78, 5) is 11.8. The minimum atomic E-state index is -0.966. The Kier molecular flexibility index (Phi) is 4.11.